The highest BCUT2D eigenvalue weighted by Crippen LogP contribution is 2.47. The topological polar surface area (TPSA) is 45.2 Å². The van der Waals surface area contributed by atoms with Crippen LogP contribution < -0.4 is 10.2 Å². The average Bonchev–Trinajstić information content (AvgIpc) is 2.67. The van der Waals surface area contributed by atoms with Crippen molar-refractivity contribution in [2.45, 2.75) is 23.1 Å². The Morgan fingerprint density at radius 3 is 2.31 bits per heavy atom. The van der Waals surface area contributed by atoms with Crippen LogP contribution in [-0.2, 0) is 4.79 Å². The quantitative estimate of drug-likeness (QED) is 0.708. The number of hydrogen-bond acceptors (Lipinski definition) is 4. The number of hydrogen-bond donors (Lipinski definition) is 1. The summed E-state index contributed by atoms with van der Waals surface area (Å²) in [6.45, 7) is 2.56. The maximum Gasteiger partial charge on any atom is 0.227 e. The van der Waals surface area contributed by atoms with Crippen molar-refractivity contribution in [2.24, 2.45) is 0 Å². The molecule has 26 heavy (non-hydrogen) atoms. The van der Waals surface area contributed by atoms with Crippen LogP contribution in [0.25, 0.3) is 0 Å². The van der Waals surface area contributed by atoms with Crippen molar-refractivity contribution in [3.05, 3.63) is 72.4 Å². The van der Waals surface area contributed by atoms with Gasteiger partial charge in [0.15, 0.2) is 0 Å². The van der Waals surface area contributed by atoms with E-state index in [0.717, 1.165) is 16.9 Å². The lowest BCUT2D eigenvalue weighted by Crippen LogP contribution is -2.26. The summed E-state index contributed by atoms with van der Waals surface area (Å²) in [5.41, 5.74) is 3.27. The van der Waals surface area contributed by atoms with Gasteiger partial charge < -0.3 is 10.2 Å². The van der Waals surface area contributed by atoms with Crippen LogP contribution in [0, 0.1) is 6.92 Å². The van der Waals surface area contributed by atoms with Crippen molar-refractivity contribution >= 4 is 34.9 Å². The van der Waals surface area contributed by atoms with E-state index in [1.807, 2.05) is 31.2 Å². The predicted molar refractivity (Wildman–Crippen MR) is 106 cm³/mol. The molecule has 1 N–H and O–H groups in total. The van der Waals surface area contributed by atoms with Crippen LogP contribution in [0.4, 0.5) is 17.2 Å². The van der Waals surface area contributed by atoms with E-state index in [1.165, 1.54) is 9.79 Å². The summed E-state index contributed by atoms with van der Waals surface area (Å²) in [6.07, 6.45) is 2.08. The first kappa shape index (κ1) is 16.7. The van der Waals surface area contributed by atoms with Crippen molar-refractivity contribution in [3.8, 4) is 0 Å². The molecule has 3 aromatic rings. The third-order valence-electron chi connectivity index (χ3n) is 4.36. The van der Waals surface area contributed by atoms with Crippen LogP contribution in [0.15, 0.2) is 76.7 Å². The number of fused-ring (bicyclic) bond motifs is 2. The number of rotatable bonds is 4. The second kappa shape index (κ2) is 7.22. The van der Waals surface area contributed by atoms with Crippen molar-refractivity contribution in [2.75, 3.05) is 16.8 Å². The lowest BCUT2D eigenvalue weighted by atomic mass is 10.2. The molecule has 1 aliphatic heterocycles. The van der Waals surface area contributed by atoms with Crippen LogP contribution in [0.5, 0.6) is 0 Å². The second-order valence-corrected chi connectivity index (χ2v) is 7.24. The highest BCUT2D eigenvalue weighted by molar-refractivity contribution is 7.99. The Labute approximate surface area is 157 Å². The maximum atomic E-state index is 12.4. The molecule has 0 bridgehead atoms. The van der Waals surface area contributed by atoms with E-state index in [-0.39, 0.29) is 5.91 Å². The number of nitrogens with zero attached hydrogens (tertiary/aromatic N) is 2. The van der Waals surface area contributed by atoms with E-state index >= 15 is 0 Å². The second-order valence-electron chi connectivity index (χ2n) is 6.16. The zero-order valence-electron chi connectivity index (χ0n) is 14.5. The van der Waals surface area contributed by atoms with E-state index in [1.54, 1.807) is 18.0 Å². The normalized spacial score (nSPS) is 12.3. The molecule has 2 heterocycles. The minimum atomic E-state index is -0.0278. The average molecular weight is 361 g/mol. The molecule has 0 fully saturated rings. The fourth-order valence-corrected chi connectivity index (χ4v) is 4.14. The van der Waals surface area contributed by atoms with Gasteiger partial charge in [-0.1, -0.05) is 42.1 Å². The molecule has 0 radical (unpaired) electrons. The molecule has 0 atom stereocenters. The summed E-state index contributed by atoms with van der Waals surface area (Å²) in [5.74, 6) is 0.604. The number of carbonyl (C=O) groups excluding carboxylic acids is 1. The summed E-state index contributed by atoms with van der Waals surface area (Å²) >= 11 is 1.77. The Balaban J connectivity index is 1.53. The van der Waals surface area contributed by atoms with Gasteiger partial charge in [0.1, 0.15) is 5.82 Å². The number of aromatic nitrogens is 1. The van der Waals surface area contributed by atoms with Gasteiger partial charge in [0.2, 0.25) is 5.91 Å². The van der Waals surface area contributed by atoms with Crippen LogP contribution in [-0.4, -0.2) is 17.4 Å². The standard InChI is InChI=1S/C21H19N3OS/c1-15-7-6-13-22-21(15)23-20(25)12-14-24-16-8-2-4-10-18(16)26-19-11-5-3-9-17(19)24/h2-11,13H,12,14H2,1H3,(H,22,23,25). The van der Waals surface area contributed by atoms with E-state index in [0.29, 0.717) is 18.8 Å². The van der Waals surface area contributed by atoms with Gasteiger partial charge >= 0.3 is 0 Å². The van der Waals surface area contributed by atoms with Gasteiger partial charge in [0, 0.05) is 29.0 Å². The molecule has 130 valence electrons. The first-order valence-corrected chi connectivity index (χ1v) is 9.39. The Hall–Kier alpha value is -2.79. The van der Waals surface area contributed by atoms with Crippen LogP contribution >= 0.6 is 11.8 Å². The van der Waals surface area contributed by atoms with E-state index in [9.17, 15) is 4.79 Å². The number of aryl methyl sites for hydroxylation is 1. The molecular formula is C21H19N3OS. The molecule has 4 rings (SSSR count). The van der Waals surface area contributed by atoms with Crippen LogP contribution in [0.1, 0.15) is 12.0 Å². The zero-order chi connectivity index (χ0) is 17.9. The number of benzene rings is 2. The Kier molecular flexibility index (Phi) is 4.63. The number of carbonyl (C=O) groups is 1. The zero-order valence-corrected chi connectivity index (χ0v) is 15.3. The molecule has 0 aliphatic carbocycles. The fourth-order valence-electron chi connectivity index (χ4n) is 3.05. The van der Waals surface area contributed by atoms with Crippen molar-refractivity contribution in [3.63, 3.8) is 0 Å². The smallest absolute Gasteiger partial charge is 0.227 e. The molecule has 1 amide bonds. The number of nitrogens with one attached hydrogen (secondary N) is 1. The van der Waals surface area contributed by atoms with Gasteiger partial charge in [-0.3, -0.25) is 4.79 Å². The third-order valence-corrected chi connectivity index (χ3v) is 5.49. The molecule has 0 unspecified atom stereocenters. The van der Waals surface area contributed by atoms with Gasteiger partial charge in [0.05, 0.1) is 11.4 Å². The summed E-state index contributed by atoms with van der Waals surface area (Å²) in [4.78, 5) is 21.3. The maximum absolute atomic E-state index is 12.4. The van der Waals surface area contributed by atoms with Crippen molar-refractivity contribution < 1.29 is 4.79 Å². The van der Waals surface area contributed by atoms with Crippen molar-refractivity contribution in [1.29, 1.82) is 0 Å². The number of pyridine rings is 1. The number of anilines is 3. The number of para-hydroxylation sites is 2. The molecule has 5 heteroatoms. The first-order valence-electron chi connectivity index (χ1n) is 8.57. The Bertz CT molecular complexity index is 912. The SMILES string of the molecule is Cc1cccnc1NC(=O)CCN1c2ccccc2Sc2ccccc21. The Morgan fingerprint density at radius 2 is 1.65 bits per heavy atom. The first-order chi connectivity index (χ1) is 12.7. The summed E-state index contributed by atoms with van der Waals surface area (Å²) in [7, 11) is 0. The van der Waals surface area contributed by atoms with E-state index in [4.69, 9.17) is 0 Å². The summed E-state index contributed by atoms with van der Waals surface area (Å²) in [5, 5.41) is 2.92. The van der Waals surface area contributed by atoms with Gasteiger partial charge in [-0.05, 0) is 42.8 Å². The molecule has 0 saturated heterocycles. The lowest BCUT2D eigenvalue weighted by molar-refractivity contribution is -0.116. The highest BCUT2D eigenvalue weighted by Gasteiger charge is 2.23. The summed E-state index contributed by atoms with van der Waals surface area (Å²) in [6, 6.07) is 20.5. The van der Waals surface area contributed by atoms with E-state index in [2.05, 4.69) is 51.6 Å². The molecule has 4 nitrogen and oxygen atoms in total. The fraction of sp³-hybridized carbons (Fsp3) is 0.143. The minimum absolute atomic E-state index is 0.0278. The van der Waals surface area contributed by atoms with Gasteiger partial charge in [0.25, 0.3) is 0 Å². The monoisotopic (exact) mass is 361 g/mol. The molecular weight excluding hydrogens is 342 g/mol. The van der Waals surface area contributed by atoms with Crippen LogP contribution in [0.3, 0.4) is 0 Å². The Morgan fingerprint density at radius 1 is 1.00 bits per heavy atom. The molecule has 2 aromatic carbocycles. The largest absolute Gasteiger partial charge is 0.339 e. The predicted octanol–water partition coefficient (Wildman–Crippen LogP) is 5.02. The van der Waals surface area contributed by atoms with Crippen LogP contribution in [0.2, 0.25) is 0 Å². The van der Waals surface area contributed by atoms with Gasteiger partial charge in [-0.2, -0.15) is 0 Å². The van der Waals surface area contributed by atoms with Crippen molar-refractivity contribution in [1.82, 2.24) is 4.98 Å². The lowest BCUT2D eigenvalue weighted by Gasteiger charge is -2.32. The molecule has 0 saturated carbocycles. The molecule has 1 aromatic heterocycles. The molecule has 1 aliphatic rings. The molecule has 0 spiro atoms. The number of amides is 1. The summed E-state index contributed by atoms with van der Waals surface area (Å²) < 4.78 is 0. The van der Waals surface area contributed by atoms with Gasteiger partial charge in [-0.15, -0.1) is 0 Å². The van der Waals surface area contributed by atoms with E-state index < -0.39 is 0 Å². The minimum Gasteiger partial charge on any atom is -0.339 e. The highest BCUT2D eigenvalue weighted by atomic mass is 32.2. The van der Waals surface area contributed by atoms with Gasteiger partial charge in [-0.25, -0.2) is 4.98 Å². The third kappa shape index (κ3) is 3.30.